The number of carbonyl (C=O) groups is 2. The Kier molecular flexibility index (Phi) is 6.15. The van der Waals surface area contributed by atoms with E-state index in [0.29, 0.717) is 18.0 Å². The molecule has 0 bridgehead atoms. The second-order valence-electron chi connectivity index (χ2n) is 4.38. The Morgan fingerprint density at radius 3 is 2.78 bits per heavy atom. The number of hydrogen-bond acceptors (Lipinski definition) is 5. The lowest BCUT2D eigenvalue weighted by Crippen LogP contribution is -2.24. The third kappa shape index (κ3) is 5.80. The second-order valence-corrected chi connectivity index (χ2v) is 5.41. The van der Waals surface area contributed by atoms with Crippen molar-refractivity contribution in [3.8, 4) is 11.8 Å². The minimum atomic E-state index is -1.02. The summed E-state index contributed by atoms with van der Waals surface area (Å²) in [7, 11) is 0. The normalized spacial score (nSPS) is 9.57. The summed E-state index contributed by atoms with van der Waals surface area (Å²) >= 11 is 1.01. The first kappa shape index (κ1) is 16.5. The van der Waals surface area contributed by atoms with Crippen LogP contribution in [0.25, 0.3) is 0 Å². The van der Waals surface area contributed by atoms with Crippen molar-refractivity contribution in [1.29, 1.82) is 0 Å². The highest BCUT2D eigenvalue weighted by atomic mass is 32.1. The zero-order valence-corrected chi connectivity index (χ0v) is 12.9. The highest BCUT2D eigenvalue weighted by Gasteiger charge is 2.06. The van der Waals surface area contributed by atoms with Gasteiger partial charge in [-0.1, -0.05) is 47.6 Å². The summed E-state index contributed by atoms with van der Waals surface area (Å²) in [5.74, 6) is 4.56. The highest BCUT2D eigenvalue weighted by Crippen LogP contribution is 2.11. The molecule has 0 saturated heterocycles. The number of ether oxygens (including phenoxy) is 1. The Labute approximate surface area is 137 Å². The van der Waals surface area contributed by atoms with Crippen molar-refractivity contribution in [2.24, 2.45) is 0 Å². The van der Waals surface area contributed by atoms with Gasteiger partial charge in [0, 0.05) is 13.0 Å². The topological polar surface area (TPSA) is 88.5 Å². The van der Waals surface area contributed by atoms with Crippen LogP contribution in [0.4, 0.5) is 4.79 Å². The Bertz CT molecular complexity index is 731. The van der Waals surface area contributed by atoms with Gasteiger partial charge < -0.3 is 15.2 Å². The molecule has 0 atom stereocenters. The monoisotopic (exact) mass is 330 g/mol. The molecule has 0 saturated carbocycles. The largest absolute Gasteiger partial charge is 0.477 e. The summed E-state index contributed by atoms with van der Waals surface area (Å²) in [6.45, 7) is 0.563. The summed E-state index contributed by atoms with van der Waals surface area (Å²) in [6.07, 6.45) is 1.19. The fourth-order valence-electron chi connectivity index (χ4n) is 1.57. The van der Waals surface area contributed by atoms with Crippen molar-refractivity contribution in [3.63, 3.8) is 0 Å². The van der Waals surface area contributed by atoms with E-state index in [1.807, 2.05) is 30.3 Å². The lowest BCUT2D eigenvalue weighted by Gasteiger charge is -2.05. The van der Waals surface area contributed by atoms with Gasteiger partial charge >= 0.3 is 12.1 Å². The average molecular weight is 330 g/mol. The molecule has 0 aliphatic carbocycles. The number of hydrogen-bond donors (Lipinski definition) is 2. The van der Waals surface area contributed by atoms with Crippen molar-refractivity contribution in [3.05, 3.63) is 52.0 Å². The smallest absolute Gasteiger partial charge is 0.407 e. The average Bonchev–Trinajstić information content (AvgIpc) is 3.03. The van der Waals surface area contributed by atoms with Crippen molar-refractivity contribution >= 4 is 23.4 Å². The molecule has 1 amide bonds. The Hall–Kier alpha value is -2.85. The van der Waals surface area contributed by atoms with E-state index in [2.05, 4.69) is 22.1 Å². The molecule has 118 valence electrons. The number of carboxylic acid groups (broad SMARTS) is 1. The van der Waals surface area contributed by atoms with Crippen molar-refractivity contribution in [2.45, 2.75) is 13.0 Å². The summed E-state index contributed by atoms with van der Waals surface area (Å²) < 4.78 is 5.05. The first-order chi connectivity index (χ1) is 11.1. The van der Waals surface area contributed by atoms with Gasteiger partial charge in [0.25, 0.3) is 0 Å². The number of nitrogens with one attached hydrogen (secondary N) is 1. The van der Waals surface area contributed by atoms with Crippen molar-refractivity contribution in [1.82, 2.24) is 10.3 Å². The fourth-order valence-corrected chi connectivity index (χ4v) is 2.20. The first-order valence-electron chi connectivity index (χ1n) is 6.77. The molecule has 2 N–H and O–H groups in total. The number of nitrogens with zero attached hydrogens (tertiary/aromatic N) is 1. The summed E-state index contributed by atoms with van der Waals surface area (Å²) in [5.41, 5.74) is 0.917. The maximum Gasteiger partial charge on any atom is 0.407 e. The molecule has 1 aromatic carbocycles. The number of benzene rings is 1. The van der Waals surface area contributed by atoms with E-state index >= 15 is 0 Å². The highest BCUT2D eigenvalue weighted by molar-refractivity contribution is 7.14. The van der Waals surface area contributed by atoms with E-state index < -0.39 is 12.1 Å². The molecule has 0 spiro atoms. The van der Waals surface area contributed by atoms with Crippen LogP contribution in [-0.4, -0.2) is 28.7 Å². The maximum absolute atomic E-state index is 11.5. The SMILES string of the molecule is O=C(NCCC#Cc1ncc(C(=O)O)s1)OCc1ccccc1. The molecule has 1 heterocycles. The number of thiazole rings is 1. The van der Waals surface area contributed by atoms with Gasteiger partial charge in [0.1, 0.15) is 11.5 Å². The van der Waals surface area contributed by atoms with Crippen molar-refractivity contribution in [2.75, 3.05) is 6.54 Å². The van der Waals surface area contributed by atoms with Gasteiger partial charge in [-0.2, -0.15) is 0 Å². The fraction of sp³-hybridized carbons (Fsp3) is 0.188. The molecule has 23 heavy (non-hydrogen) atoms. The molecule has 6 nitrogen and oxygen atoms in total. The number of amides is 1. The van der Waals surface area contributed by atoms with Gasteiger partial charge in [-0.25, -0.2) is 14.6 Å². The zero-order valence-electron chi connectivity index (χ0n) is 12.1. The van der Waals surface area contributed by atoms with E-state index in [-0.39, 0.29) is 11.5 Å². The van der Waals surface area contributed by atoms with Crippen molar-refractivity contribution < 1.29 is 19.4 Å². The molecule has 7 heteroatoms. The van der Waals surface area contributed by atoms with Gasteiger partial charge in [0.05, 0.1) is 6.20 Å². The first-order valence-corrected chi connectivity index (χ1v) is 7.59. The van der Waals surface area contributed by atoms with Crippen LogP contribution in [0.2, 0.25) is 0 Å². The third-order valence-electron chi connectivity index (χ3n) is 2.64. The molecule has 0 aliphatic rings. The van der Waals surface area contributed by atoms with E-state index in [1.54, 1.807) is 0 Å². The zero-order chi connectivity index (χ0) is 16.5. The molecular formula is C16H14N2O4S. The van der Waals surface area contributed by atoms with E-state index in [9.17, 15) is 9.59 Å². The van der Waals surface area contributed by atoms with Crippen LogP contribution in [-0.2, 0) is 11.3 Å². The molecule has 2 aromatic rings. The summed E-state index contributed by atoms with van der Waals surface area (Å²) in [5, 5.41) is 11.8. The molecule has 0 aliphatic heterocycles. The Balaban J connectivity index is 1.66. The molecule has 2 rings (SSSR count). The van der Waals surface area contributed by atoms with Crippen LogP contribution in [0.1, 0.15) is 26.7 Å². The predicted molar refractivity (Wildman–Crippen MR) is 85.2 cm³/mol. The molecule has 1 aromatic heterocycles. The second kappa shape index (κ2) is 8.56. The standard InChI is InChI=1S/C16H14N2O4S/c19-15(20)13-10-18-14(23-13)8-4-5-9-17-16(21)22-11-12-6-2-1-3-7-12/h1-3,6-7,10H,5,9,11H2,(H,17,21)(H,19,20). The van der Waals surface area contributed by atoms with Crippen LogP contribution >= 0.6 is 11.3 Å². The van der Waals surface area contributed by atoms with Crippen LogP contribution in [0.15, 0.2) is 36.5 Å². The Morgan fingerprint density at radius 2 is 2.09 bits per heavy atom. The number of alkyl carbamates (subject to hydrolysis) is 1. The van der Waals surface area contributed by atoms with Gasteiger partial charge in [0.15, 0.2) is 5.01 Å². The summed E-state index contributed by atoms with van der Waals surface area (Å²) in [6, 6.07) is 9.39. The minimum Gasteiger partial charge on any atom is -0.477 e. The predicted octanol–water partition coefficient (Wildman–Crippen LogP) is 2.51. The van der Waals surface area contributed by atoms with Crippen LogP contribution in [0, 0.1) is 11.8 Å². The number of carboxylic acids is 1. The van der Waals surface area contributed by atoms with Crippen LogP contribution in [0.3, 0.4) is 0 Å². The molecule has 0 fully saturated rings. The minimum absolute atomic E-state index is 0.150. The third-order valence-corrected chi connectivity index (χ3v) is 3.54. The molecule has 0 unspecified atom stereocenters. The summed E-state index contributed by atoms with van der Waals surface area (Å²) in [4.78, 5) is 26.2. The number of aromatic carboxylic acids is 1. The number of carbonyl (C=O) groups excluding carboxylic acids is 1. The quantitative estimate of drug-likeness (QED) is 0.649. The lowest BCUT2D eigenvalue weighted by molar-refractivity contribution is 0.0702. The van der Waals surface area contributed by atoms with E-state index in [1.165, 1.54) is 6.20 Å². The Morgan fingerprint density at radius 1 is 1.30 bits per heavy atom. The van der Waals surface area contributed by atoms with Gasteiger partial charge in [-0.3, -0.25) is 0 Å². The van der Waals surface area contributed by atoms with Gasteiger partial charge in [-0.05, 0) is 11.5 Å². The molecular weight excluding hydrogens is 316 g/mol. The van der Waals surface area contributed by atoms with Gasteiger partial charge in [-0.15, -0.1) is 0 Å². The van der Waals surface area contributed by atoms with Gasteiger partial charge in [0.2, 0.25) is 0 Å². The number of rotatable bonds is 5. The molecule has 0 radical (unpaired) electrons. The van der Waals surface area contributed by atoms with E-state index in [4.69, 9.17) is 9.84 Å². The maximum atomic E-state index is 11.5. The van der Waals surface area contributed by atoms with Crippen LogP contribution in [0.5, 0.6) is 0 Å². The van der Waals surface area contributed by atoms with Crippen LogP contribution < -0.4 is 5.32 Å². The lowest BCUT2D eigenvalue weighted by atomic mass is 10.2. The number of aromatic nitrogens is 1. The van der Waals surface area contributed by atoms with E-state index in [0.717, 1.165) is 16.9 Å².